The minimum absolute atomic E-state index is 0.190. The Morgan fingerprint density at radius 1 is 1.17 bits per heavy atom. The molecule has 2 aromatic carbocycles. The number of hydrogen-bond acceptors (Lipinski definition) is 4. The van der Waals surface area contributed by atoms with E-state index in [1.807, 2.05) is 55.6 Å². The van der Waals surface area contributed by atoms with Crippen molar-refractivity contribution in [1.29, 1.82) is 0 Å². The molecule has 1 aromatic heterocycles. The first-order valence-electron chi connectivity index (χ1n) is 9.78. The Hall–Kier alpha value is -2.44. The summed E-state index contributed by atoms with van der Waals surface area (Å²) >= 11 is 7.52. The van der Waals surface area contributed by atoms with Gasteiger partial charge < -0.3 is 14.8 Å². The quantitative estimate of drug-likeness (QED) is 0.445. The van der Waals surface area contributed by atoms with Gasteiger partial charge in [-0.25, -0.2) is 4.79 Å². The van der Waals surface area contributed by atoms with Gasteiger partial charge in [0.1, 0.15) is 11.6 Å². The summed E-state index contributed by atoms with van der Waals surface area (Å²) in [6.07, 6.45) is 3.76. The summed E-state index contributed by atoms with van der Waals surface area (Å²) in [5.74, 6) is -0.703. The lowest BCUT2D eigenvalue weighted by Gasteiger charge is -2.13. The number of carboxylic acids is 1. The molecule has 0 bridgehead atoms. The molecule has 2 N–H and O–H groups in total. The van der Waals surface area contributed by atoms with Gasteiger partial charge in [-0.05, 0) is 54.2 Å². The van der Waals surface area contributed by atoms with Crippen molar-refractivity contribution < 1.29 is 19.1 Å². The number of aryl methyl sites for hydroxylation is 1. The second-order valence-corrected chi connectivity index (χ2v) is 8.45. The zero-order chi connectivity index (χ0) is 21.7. The van der Waals surface area contributed by atoms with Crippen LogP contribution in [0.3, 0.4) is 0 Å². The number of hydrogen-bond donors (Lipinski definition) is 2. The minimum Gasteiger partial charge on any atom is -0.480 e. The second-order valence-electron chi connectivity index (χ2n) is 7.02. The SMILES string of the molecule is CCCc1c(C(=O)NC(CCSC)C(=O)O)oc2cc(-c3ccc(Cl)cc3)ccc12. The predicted molar refractivity (Wildman–Crippen MR) is 123 cm³/mol. The number of fused-ring (bicyclic) bond motifs is 1. The van der Waals surface area contributed by atoms with E-state index in [0.717, 1.165) is 28.5 Å². The molecule has 1 amide bonds. The highest BCUT2D eigenvalue weighted by atomic mass is 35.5. The topological polar surface area (TPSA) is 79.5 Å². The van der Waals surface area contributed by atoms with Gasteiger partial charge in [-0.1, -0.05) is 49.2 Å². The maximum absolute atomic E-state index is 12.9. The number of nitrogens with one attached hydrogen (secondary N) is 1. The molecule has 0 aliphatic heterocycles. The Bertz CT molecular complexity index is 1050. The molecular weight excluding hydrogens is 422 g/mol. The molecule has 0 fully saturated rings. The normalized spacial score (nSPS) is 12.1. The molecule has 0 spiro atoms. The molecule has 0 saturated carbocycles. The lowest BCUT2D eigenvalue weighted by Crippen LogP contribution is -2.41. The summed E-state index contributed by atoms with van der Waals surface area (Å²) in [6, 6.07) is 12.4. The summed E-state index contributed by atoms with van der Waals surface area (Å²) in [5.41, 5.74) is 3.35. The van der Waals surface area contributed by atoms with Gasteiger partial charge in [0.05, 0.1) is 0 Å². The van der Waals surface area contributed by atoms with Crippen LogP contribution in [-0.2, 0) is 11.2 Å². The molecule has 0 aliphatic carbocycles. The van der Waals surface area contributed by atoms with E-state index in [1.54, 1.807) is 0 Å². The second kappa shape index (κ2) is 10.0. The average Bonchev–Trinajstić information content (AvgIpc) is 3.09. The molecule has 0 radical (unpaired) electrons. The highest BCUT2D eigenvalue weighted by molar-refractivity contribution is 7.98. The van der Waals surface area contributed by atoms with E-state index in [4.69, 9.17) is 16.0 Å². The maximum Gasteiger partial charge on any atom is 0.326 e. The Labute approximate surface area is 184 Å². The summed E-state index contributed by atoms with van der Waals surface area (Å²) < 4.78 is 5.95. The van der Waals surface area contributed by atoms with Crippen LogP contribution in [0.4, 0.5) is 0 Å². The van der Waals surface area contributed by atoms with Gasteiger partial charge in [0.25, 0.3) is 5.91 Å². The van der Waals surface area contributed by atoms with E-state index < -0.39 is 17.9 Å². The molecule has 5 nitrogen and oxygen atoms in total. The molecule has 0 aliphatic rings. The van der Waals surface area contributed by atoms with Crippen molar-refractivity contribution in [1.82, 2.24) is 5.32 Å². The van der Waals surface area contributed by atoms with Crippen LogP contribution in [0.5, 0.6) is 0 Å². The van der Waals surface area contributed by atoms with Gasteiger partial charge in [0, 0.05) is 16.0 Å². The van der Waals surface area contributed by atoms with Crippen LogP contribution in [0.25, 0.3) is 22.1 Å². The van der Waals surface area contributed by atoms with Crippen molar-refractivity contribution in [2.75, 3.05) is 12.0 Å². The van der Waals surface area contributed by atoms with Crippen LogP contribution in [0.15, 0.2) is 46.9 Å². The molecule has 30 heavy (non-hydrogen) atoms. The van der Waals surface area contributed by atoms with Gasteiger partial charge in [-0.3, -0.25) is 4.79 Å². The molecule has 3 rings (SSSR count). The van der Waals surface area contributed by atoms with Crippen molar-refractivity contribution in [3.8, 4) is 11.1 Å². The van der Waals surface area contributed by atoms with Crippen molar-refractivity contribution in [2.24, 2.45) is 0 Å². The van der Waals surface area contributed by atoms with E-state index >= 15 is 0 Å². The van der Waals surface area contributed by atoms with Crippen LogP contribution in [0, 0.1) is 0 Å². The number of furan rings is 1. The van der Waals surface area contributed by atoms with Crippen LogP contribution in [0.1, 0.15) is 35.9 Å². The van der Waals surface area contributed by atoms with E-state index in [9.17, 15) is 14.7 Å². The Morgan fingerprint density at radius 3 is 2.50 bits per heavy atom. The van der Waals surface area contributed by atoms with E-state index in [2.05, 4.69) is 5.32 Å². The van der Waals surface area contributed by atoms with Gasteiger partial charge >= 0.3 is 5.97 Å². The number of rotatable bonds is 9. The number of carbonyl (C=O) groups is 2. The summed E-state index contributed by atoms with van der Waals surface area (Å²) in [7, 11) is 0. The highest BCUT2D eigenvalue weighted by Gasteiger charge is 2.25. The van der Waals surface area contributed by atoms with Gasteiger partial charge in [-0.15, -0.1) is 0 Å². The molecule has 7 heteroatoms. The van der Waals surface area contributed by atoms with Gasteiger partial charge in [0.15, 0.2) is 5.76 Å². The van der Waals surface area contributed by atoms with Crippen molar-refractivity contribution in [3.05, 3.63) is 58.8 Å². The Kier molecular flexibility index (Phi) is 7.45. The first-order valence-corrected chi connectivity index (χ1v) is 11.6. The predicted octanol–water partition coefficient (Wildman–Crippen LogP) is 5.64. The third kappa shape index (κ3) is 4.99. The zero-order valence-electron chi connectivity index (χ0n) is 16.9. The largest absolute Gasteiger partial charge is 0.480 e. The van der Waals surface area contributed by atoms with Crippen molar-refractivity contribution in [3.63, 3.8) is 0 Å². The number of aliphatic carboxylic acids is 1. The Balaban J connectivity index is 1.96. The molecule has 1 heterocycles. The van der Waals surface area contributed by atoms with E-state index in [1.165, 1.54) is 11.8 Å². The van der Waals surface area contributed by atoms with Gasteiger partial charge in [-0.2, -0.15) is 11.8 Å². The third-order valence-electron chi connectivity index (χ3n) is 4.89. The van der Waals surface area contributed by atoms with Crippen LogP contribution in [0.2, 0.25) is 5.02 Å². The lowest BCUT2D eigenvalue weighted by atomic mass is 10.0. The highest BCUT2D eigenvalue weighted by Crippen LogP contribution is 2.32. The summed E-state index contributed by atoms with van der Waals surface area (Å²) in [6.45, 7) is 2.03. The smallest absolute Gasteiger partial charge is 0.326 e. The monoisotopic (exact) mass is 445 g/mol. The number of amides is 1. The standard InChI is InChI=1S/C23H24ClNO4S/c1-3-4-18-17-10-7-15(14-5-8-16(24)9-6-14)13-20(17)29-21(18)22(26)25-19(23(27)28)11-12-30-2/h5-10,13,19H,3-4,11-12H2,1-2H3,(H,25,26)(H,27,28). The number of carbonyl (C=O) groups excluding carboxylic acids is 1. The fraction of sp³-hybridized carbons (Fsp3) is 0.304. The summed E-state index contributed by atoms with van der Waals surface area (Å²) in [4.78, 5) is 24.4. The van der Waals surface area contributed by atoms with E-state index in [-0.39, 0.29) is 5.76 Å². The number of halogens is 1. The maximum atomic E-state index is 12.9. The average molecular weight is 446 g/mol. The molecule has 3 aromatic rings. The number of thioether (sulfide) groups is 1. The number of carboxylic acid groups (broad SMARTS) is 1. The van der Waals surface area contributed by atoms with Gasteiger partial charge in [0.2, 0.25) is 0 Å². The Morgan fingerprint density at radius 2 is 1.87 bits per heavy atom. The summed E-state index contributed by atoms with van der Waals surface area (Å²) in [5, 5.41) is 13.6. The molecular formula is C23H24ClNO4S. The van der Waals surface area contributed by atoms with Crippen molar-refractivity contribution >= 4 is 46.2 Å². The van der Waals surface area contributed by atoms with Crippen LogP contribution in [-0.4, -0.2) is 35.0 Å². The first kappa shape index (κ1) is 22.2. The van der Waals surface area contributed by atoms with E-state index in [0.29, 0.717) is 29.2 Å². The van der Waals surface area contributed by atoms with Crippen LogP contribution < -0.4 is 5.32 Å². The van der Waals surface area contributed by atoms with Crippen LogP contribution >= 0.6 is 23.4 Å². The zero-order valence-corrected chi connectivity index (χ0v) is 18.5. The molecule has 158 valence electrons. The van der Waals surface area contributed by atoms with Crippen molar-refractivity contribution in [2.45, 2.75) is 32.2 Å². The number of benzene rings is 2. The molecule has 1 unspecified atom stereocenters. The molecule has 0 saturated heterocycles. The third-order valence-corrected chi connectivity index (χ3v) is 5.79. The first-order chi connectivity index (χ1) is 14.4. The lowest BCUT2D eigenvalue weighted by molar-refractivity contribution is -0.139. The minimum atomic E-state index is -1.05. The molecule has 1 atom stereocenters. The fourth-order valence-electron chi connectivity index (χ4n) is 3.37. The fourth-order valence-corrected chi connectivity index (χ4v) is 3.97.